The Hall–Kier alpha value is -4.20. The van der Waals surface area contributed by atoms with Crippen LogP contribution in [0.3, 0.4) is 0 Å². The normalized spacial score (nSPS) is 12.9. The van der Waals surface area contributed by atoms with Crippen LogP contribution in [0, 0.1) is 5.82 Å². The van der Waals surface area contributed by atoms with E-state index in [2.05, 4.69) is 0 Å². The number of ether oxygens (including phenoxy) is 3. The standard InChI is InChI=1S/C27H24FN3O4/c1-33-22-13-18(14-23(34-2)25(22)35-3)26-29-21-7-5-4-6-20(21)24(30-26)27(32)31-11-10-16-12-19(28)9-8-17(16)15-31/h4-9,12-14H,10-11,15H2,1-3H3. The van der Waals surface area contributed by atoms with Gasteiger partial charge in [0.05, 0.1) is 26.8 Å². The van der Waals surface area contributed by atoms with Gasteiger partial charge in [-0.1, -0.05) is 24.3 Å². The monoisotopic (exact) mass is 473 g/mol. The summed E-state index contributed by atoms with van der Waals surface area (Å²) in [6, 6.07) is 15.6. The summed E-state index contributed by atoms with van der Waals surface area (Å²) >= 11 is 0. The van der Waals surface area contributed by atoms with Gasteiger partial charge in [-0.25, -0.2) is 14.4 Å². The fourth-order valence-corrected chi connectivity index (χ4v) is 4.42. The fourth-order valence-electron chi connectivity index (χ4n) is 4.42. The first kappa shape index (κ1) is 22.6. The van der Waals surface area contributed by atoms with Crippen molar-refractivity contribution < 1.29 is 23.4 Å². The van der Waals surface area contributed by atoms with Gasteiger partial charge in [0, 0.05) is 24.0 Å². The molecule has 0 bridgehead atoms. The first-order valence-electron chi connectivity index (χ1n) is 11.2. The number of benzene rings is 3. The van der Waals surface area contributed by atoms with Crippen molar-refractivity contribution in [1.82, 2.24) is 14.9 Å². The van der Waals surface area contributed by atoms with Crippen LogP contribution in [0.4, 0.5) is 4.39 Å². The Morgan fingerprint density at radius 1 is 0.914 bits per heavy atom. The van der Waals surface area contributed by atoms with Crippen molar-refractivity contribution in [2.45, 2.75) is 13.0 Å². The number of carbonyl (C=O) groups excluding carboxylic acids is 1. The highest BCUT2D eigenvalue weighted by atomic mass is 19.1. The zero-order chi connectivity index (χ0) is 24.5. The molecule has 0 atom stereocenters. The van der Waals surface area contributed by atoms with Gasteiger partial charge >= 0.3 is 0 Å². The van der Waals surface area contributed by atoms with Gasteiger partial charge in [0.15, 0.2) is 17.3 Å². The van der Waals surface area contributed by atoms with Crippen molar-refractivity contribution in [3.8, 4) is 28.6 Å². The number of para-hydroxylation sites is 1. The molecule has 4 aromatic rings. The molecule has 1 aliphatic rings. The molecule has 8 heteroatoms. The van der Waals surface area contributed by atoms with Gasteiger partial charge in [0.25, 0.3) is 5.91 Å². The van der Waals surface area contributed by atoms with Gasteiger partial charge in [0.1, 0.15) is 11.5 Å². The van der Waals surface area contributed by atoms with E-state index < -0.39 is 0 Å². The summed E-state index contributed by atoms with van der Waals surface area (Å²) < 4.78 is 30.0. The number of rotatable bonds is 5. The topological polar surface area (TPSA) is 73.8 Å². The number of amides is 1. The lowest BCUT2D eigenvalue weighted by atomic mass is 9.99. The molecular weight excluding hydrogens is 449 g/mol. The maximum Gasteiger partial charge on any atom is 0.273 e. The quantitative estimate of drug-likeness (QED) is 0.420. The Labute approximate surface area is 202 Å². The fraction of sp³-hybridized carbons (Fsp3) is 0.222. The van der Waals surface area contributed by atoms with Crippen LogP contribution < -0.4 is 14.2 Å². The van der Waals surface area contributed by atoms with Gasteiger partial charge in [0.2, 0.25) is 5.75 Å². The van der Waals surface area contributed by atoms with E-state index in [4.69, 9.17) is 24.2 Å². The Balaban J connectivity index is 1.60. The summed E-state index contributed by atoms with van der Waals surface area (Å²) in [4.78, 5) is 24.9. The van der Waals surface area contributed by atoms with E-state index in [0.717, 1.165) is 11.1 Å². The van der Waals surface area contributed by atoms with Crippen molar-refractivity contribution in [3.05, 3.63) is 77.2 Å². The highest BCUT2D eigenvalue weighted by molar-refractivity contribution is 6.05. The van der Waals surface area contributed by atoms with Crippen molar-refractivity contribution in [1.29, 1.82) is 0 Å². The van der Waals surface area contributed by atoms with E-state index in [0.29, 0.717) is 64.7 Å². The Kier molecular flexibility index (Phi) is 5.94. The van der Waals surface area contributed by atoms with Crippen LogP contribution in [-0.2, 0) is 13.0 Å². The second kappa shape index (κ2) is 9.21. The van der Waals surface area contributed by atoms with E-state index in [1.807, 2.05) is 24.3 Å². The van der Waals surface area contributed by atoms with Crippen molar-refractivity contribution in [2.24, 2.45) is 0 Å². The highest BCUT2D eigenvalue weighted by Gasteiger charge is 2.26. The summed E-state index contributed by atoms with van der Waals surface area (Å²) in [6.45, 7) is 0.874. The van der Waals surface area contributed by atoms with E-state index in [-0.39, 0.29) is 11.7 Å². The molecule has 0 saturated carbocycles. The minimum atomic E-state index is -0.264. The molecule has 1 amide bonds. The molecule has 0 aliphatic carbocycles. The average Bonchev–Trinajstić information content (AvgIpc) is 2.90. The van der Waals surface area contributed by atoms with E-state index in [9.17, 15) is 9.18 Å². The predicted octanol–water partition coefficient (Wildman–Crippen LogP) is 4.66. The largest absolute Gasteiger partial charge is 0.493 e. The molecule has 5 rings (SSSR count). The van der Waals surface area contributed by atoms with Crippen LogP contribution in [0.15, 0.2) is 54.6 Å². The second-order valence-electron chi connectivity index (χ2n) is 8.22. The highest BCUT2D eigenvalue weighted by Crippen LogP contribution is 2.41. The zero-order valence-corrected chi connectivity index (χ0v) is 19.7. The maximum absolute atomic E-state index is 13.7. The van der Waals surface area contributed by atoms with Crippen molar-refractivity contribution >= 4 is 16.8 Å². The van der Waals surface area contributed by atoms with Gasteiger partial charge in [-0.15, -0.1) is 0 Å². The van der Waals surface area contributed by atoms with Crippen LogP contribution in [0.2, 0.25) is 0 Å². The van der Waals surface area contributed by atoms with E-state index in [1.165, 1.54) is 27.4 Å². The first-order valence-corrected chi connectivity index (χ1v) is 11.2. The molecule has 0 radical (unpaired) electrons. The minimum absolute atomic E-state index is 0.202. The zero-order valence-electron chi connectivity index (χ0n) is 19.7. The third-order valence-corrected chi connectivity index (χ3v) is 6.20. The van der Waals surface area contributed by atoms with Crippen LogP contribution in [0.1, 0.15) is 21.6 Å². The molecule has 0 unspecified atom stereocenters. The summed E-state index contributed by atoms with van der Waals surface area (Å²) in [5.74, 6) is 1.29. The van der Waals surface area contributed by atoms with Crippen LogP contribution >= 0.6 is 0 Å². The van der Waals surface area contributed by atoms with Gasteiger partial charge < -0.3 is 19.1 Å². The smallest absolute Gasteiger partial charge is 0.273 e. The average molecular weight is 474 g/mol. The number of carbonyl (C=O) groups is 1. The number of methoxy groups -OCH3 is 3. The third-order valence-electron chi connectivity index (χ3n) is 6.20. The molecule has 7 nitrogen and oxygen atoms in total. The summed E-state index contributed by atoms with van der Waals surface area (Å²) in [5, 5.41) is 0.665. The molecule has 2 heterocycles. The molecule has 0 fully saturated rings. The summed E-state index contributed by atoms with van der Waals surface area (Å²) in [7, 11) is 4.61. The van der Waals surface area contributed by atoms with Crippen molar-refractivity contribution in [3.63, 3.8) is 0 Å². The number of hydrogen-bond acceptors (Lipinski definition) is 6. The first-order chi connectivity index (χ1) is 17.0. The Morgan fingerprint density at radius 3 is 2.37 bits per heavy atom. The summed E-state index contributed by atoms with van der Waals surface area (Å²) in [6.07, 6.45) is 0.585. The maximum atomic E-state index is 13.7. The third kappa shape index (κ3) is 4.12. The lowest BCUT2D eigenvalue weighted by Crippen LogP contribution is -2.36. The Morgan fingerprint density at radius 2 is 1.66 bits per heavy atom. The molecule has 0 saturated heterocycles. The molecule has 178 valence electrons. The van der Waals surface area contributed by atoms with E-state index >= 15 is 0 Å². The lowest BCUT2D eigenvalue weighted by Gasteiger charge is -2.29. The SMILES string of the molecule is COc1cc(-c2nc(C(=O)N3CCc4cc(F)ccc4C3)c3ccccc3n2)cc(OC)c1OC. The number of hydrogen-bond donors (Lipinski definition) is 0. The summed E-state index contributed by atoms with van der Waals surface area (Å²) in [5.41, 5.74) is 3.45. The van der Waals surface area contributed by atoms with Crippen molar-refractivity contribution in [2.75, 3.05) is 27.9 Å². The molecular formula is C27H24FN3O4. The number of fused-ring (bicyclic) bond motifs is 2. The minimum Gasteiger partial charge on any atom is -0.493 e. The predicted molar refractivity (Wildman–Crippen MR) is 129 cm³/mol. The molecule has 0 N–H and O–H groups in total. The lowest BCUT2D eigenvalue weighted by molar-refractivity contribution is 0.0731. The second-order valence-corrected chi connectivity index (χ2v) is 8.22. The molecule has 1 aromatic heterocycles. The van der Waals surface area contributed by atoms with Crippen LogP contribution in [-0.4, -0.2) is 48.6 Å². The van der Waals surface area contributed by atoms with Crippen LogP contribution in [0.25, 0.3) is 22.3 Å². The Bertz CT molecular complexity index is 1410. The van der Waals surface area contributed by atoms with Crippen LogP contribution in [0.5, 0.6) is 17.2 Å². The molecule has 35 heavy (non-hydrogen) atoms. The van der Waals surface area contributed by atoms with Gasteiger partial charge in [-0.2, -0.15) is 0 Å². The molecule has 0 spiro atoms. The molecule has 3 aromatic carbocycles. The molecule has 1 aliphatic heterocycles. The number of nitrogens with zero attached hydrogens (tertiary/aromatic N) is 3. The van der Waals surface area contributed by atoms with Gasteiger partial charge in [-0.05, 0) is 47.9 Å². The number of aromatic nitrogens is 2. The van der Waals surface area contributed by atoms with Gasteiger partial charge in [-0.3, -0.25) is 4.79 Å². The van der Waals surface area contributed by atoms with E-state index in [1.54, 1.807) is 29.2 Å². The number of halogens is 1.